The van der Waals surface area contributed by atoms with Crippen LogP contribution in [0.25, 0.3) is 0 Å². The highest BCUT2D eigenvalue weighted by Crippen LogP contribution is 2.89. The van der Waals surface area contributed by atoms with Gasteiger partial charge in [0, 0.05) is 31.1 Å². The van der Waals surface area contributed by atoms with Crippen molar-refractivity contribution < 1.29 is 34.0 Å². The number of carbonyl (C=O) groups excluding carboxylic acids is 2. The Morgan fingerprint density at radius 3 is 2.10 bits per heavy atom. The Kier molecular flexibility index (Phi) is 6.35. The third-order valence-electron chi connectivity index (χ3n) is 14.3. The zero-order chi connectivity index (χ0) is 30.2. The summed E-state index contributed by atoms with van der Waals surface area (Å²) < 4.78 is 18.8. The highest BCUT2D eigenvalue weighted by atomic mass is 16.6. The Morgan fingerprint density at radius 1 is 0.854 bits per heavy atom. The lowest BCUT2D eigenvalue weighted by Crippen LogP contribution is -2.63. The van der Waals surface area contributed by atoms with Crippen molar-refractivity contribution in [2.45, 2.75) is 156 Å². The minimum atomic E-state index is -0.921. The van der Waals surface area contributed by atoms with Crippen molar-refractivity contribution in [1.82, 2.24) is 0 Å². The lowest BCUT2D eigenvalue weighted by atomic mass is 9.41. The molecule has 0 aromatic carbocycles. The smallest absolute Gasteiger partial charge is 0.302 e. The first kappa shape index (κ1) is 29.9. The molecule has 7 heteroatoms. The minimum absolute atomic E-state index is 0.0274. The lowest BCUT2D eigenvalue weighted by molar-refractivity contribution is -0.224. The van der Waals surface area contributed by atoms with Crippen LogP contribution < -0.4 is 0 Å². The summed E-state index contributed by atoms with van der Waals surface area (Å²) in [5.74, 6) is -0.0675. The number of ether oxygens (including phenoxy) is 3. The van der Waals surface area contributed by atoms with Crippen LogP contribution in [0.1, 0.15) is 120 Å². The van der Waals surface area contributed by atoms with Gasteiger partial charge < -0.3 is 24.4 Å². The molecule has 6 rings (SSSR count). The van der Waals surface area contributed by atoms with Crippen molar-refractivity contribution in [2.24, 2.45) is 44.8 Å². The van der Waals surface area contributed by atoms with E-state index in [0.717, 1.165) is 57.8 Å². The second-order valence-electron chi connectivity index (χ2n) is 17.1. The molecule has 2 N–H and O–H groups in total. The summed E-state index contributed by atoms with van der Waals surface area (Å²) in [6.45, 7) is 18.1. The van der Waals surface area contributed by atoms with E-state index in [9.17, 15) is 19.8 Å². The molecule has 6 aliphatic rings. The fraction of sp³-hybridized carbons (Fsp3) is 0.941. The van der Waals surface area contributed by atoms with Crippen molar-refractivity contribution in [3.8, 4) is 0 Å². The average Bonchev–Trinajstić information content (AvgIpc) is 3.18. The van der Waals surface area contributed by atoms with Gasteiger partial charge in [0.1, 0.15) is 12.2 Å². The molecule has 1 saturated heterocycles. The van der Waals surface area contributed by atoms with Gasteiger partial charge in [-0.05, 0) is 106 Å². The number of aliphatic hydroxyl groups is 2. The molecule has 6 fully saturated rings. The lowest BCUT2D eigenvalue weighted by Gasteiger charge is -2.64. The second kappa shape index (κ2) is 8.72. The largest absolute Gasteiger partial charge is 0.462 e. The number of hydrogen-bond donors (Lipinski definition) is 2. The van der Waals surface area contributed by atoms with Gasteiger partial charge in [-0.3, -0.25) is 9.59 Å². The van der Waals surface area contributed by atoms with Crippen LogP contribution in [-0.4, -0.2) is 57.8 Å². The average molecular weight is 575 g/mol. The van der Waals surface area contributed by atoms with Crippen LogP contribution in [0.2, 0.25) is 0 Å². The van der Waals surface area contributed by atoms with E-state index in [1.807, 2.05) is 13.8 Å². The van der Waals surface area contributed by atoms with Crippen LogP contribution >= 0.6 is 0 Å². The Bertz CT molecular complexity index is 1130. The van der Waals surface area contributed by atoms with E-state index < -0.39 is 17.3 Å². The van der Waals surface area contributed by atoms with E-state index in [1.165, 1.54) is 13.8 Å². The number of esters is 2. The summed E-state index contributed by atoms with van der Waals surface area (Å²) in [6, 6.07) is 0. The normalized spacial score (nSPS) is 53.4. The third kappa shape index (κ3) is 3.79. The van der Waals surface area contributed by atoms with Crippen molar-refractivity contribution in [3.05, 3.63) is 0 Å². The molecule has 1 unspecified atom stereocenters. The number of fused-ring (bicyclic) bond motifs is 2. The molecule has 0 bridgehead atoms. The van der Waals surface area contributed by atoms with E-state index in [1.54, 1.807) is 0 Å². The van der Waals surface area contributed by atoms with Gasteiger partial charge in [-0.15, -0.1) is 0 Å². The molecule has 1 aliphatic heterocycles. The molecule has 5 aliphatic carbocycles. The first-order chi connectivity index (χ1) is 18.8. The molecule has 0 amide bonds. The monoisotopic (exact) mass is 574 g/mol. The zero-order valence-corrected chi connectivity index (χ0v) is 26.8. The summed E-state index contributed by atoms with van der Waals surface area (Å²) in [6.07, 6.45) is 7.08. The van der Waals surface area contributed by atoms with Gasteiger partial charge in [-0.2, -0.15) is 0 Å². The van der Waals surface area contributed by atoms with Crippen LogP contribution in [0.15, 0.2) is 0 Å². The first-order valence-electron chi connectivity index (χ1n) is 16.2. The third-order valence-corrected chi connectivity index (χ3v) is 14.3. The fourth-order valence-electron chi connectivity index (χ4n) is 12.8. The zero-order valence-electron chi connectivity index (χ0n) is 26.8. The molecule has 2 spiro atoms. The van der Waals surface area contributed by atoms with Crippen LogP contribution in [0.4, 0.5) is 0 Å². The van der Waals surface area contributed by atoms with E-state index in [0.29, 0.717) is 5.92 Å². The van der Waals surface area contributed by atoms with Gasteiger partial charge in [0.2, 0.25) is 0 Å². The number of carbonyl (C=O) groups is 2. The molecule has 7 nitrogen and oxygen atoms in total. The van der Waals surface area contributed by atoms with Gasteiger partial charge >= 0.3 is 11.9 Å². The van der Waals surface area contributed by atoms with Gasteiger partial charge in [0.05, 0.1) is 23.4 Å². The maximum Gasteiger partial charge on any atom is 0.302 e. The van der Waals surface area contributed by atoms with Gasteiger partial charge in [0.15, 0.2) is 0 Å². The first-order valence-corrected chi connectivity index (χ1v) is 16.2. The number of hydrogen-bond acceptors (Lipinski definition) is 7. The number of aliphatic hydroxyl groups excluding tert-OH is 1. The standard InChI is InChI=1S/C34H54O7/c1-19(35)39-22-16-23-31(8)17-21(37)26(32(9)12-10-25(41-32)29(5,6)38)30(31,7)14-15-33(23)18-34(33)13-11-24(40-20(2)36)28(3,4)27(22)34/h21-27,37-38H,10-18H2,1-9H3/t21-,22-,23-,24-,25-,26-,27-,30+,31-,32+,33-,34?/m0/s1. The van der Waals surface area contributed by atoms with Gasteiger partial charge in [-0.1, -0.05) is 27.7 Å². The van der Waals surface area contributed by atoms with E-state index >= 15 is 0 Å². The topological polar surface area (TPSA) is 102 Å². The van der Waals surface area contributed by atoms with Crippen molar-refractivity contribution in [1.29, 1.82) is 0 Å². The van der Waals surface area contributed by atoms with E-state index in [4.69, 9.17) is 14.2 Å². The van der Waals surface area contributed by atoms with Crippen molar-refractivity contribution in [2.75, 3.05) is 0 Å². The maximum absolute atomic E-state index is 12.6. The van der Waals surface area contributed by atoms with Crippen molar-refractivity contribution in [3.63, 3.8) is 0 Å². The highest BCUT2D eigenvalue weighted by molar-refractivity contribution is 5.67. The summed E-state index contributed by atoms with van der Waals surface area (Å²) >= 11 is 0. The van der Waals surface area contributed by atoms with Crippen LogP contribution in [0.3, 0.4) is 0 Å². The predicted molar refractivity (Wildman–Crippen MR) is 154 cm³/mol. The van der Waals surface area contributed by atoms with Gasteiger partial charge in [0.25, 0.3) is 0 Å². The van der Waals surface area contributed by atoms with Gasteiger partial charge in [-0.25, -0.2) is 0 Å². The second-order valence-corrected chi connectivity index (χ2v) is 17.1. The Morgan fingerprint density at radius 2 is 1.51 bits per heavy atom. The molecule has 5 saturated carbocycles. The van der Waals surface area contributed by atoms with E-state index in [2.05, 4.69) is 34.6 Å². The molecule has 1 heterocycles. The SMILES string of the molecule is CC(=O)O[C@H]1C[C@@H]2[C@]3(CC[C@]4(C)[C@@H]([C@@]5(C)CC[C@@H](C(C)(C)O)O5)[C@@H](O)C[C@@]24C)CC32CC[C@H](OC(C)=O)C(C)(C)[C@H]12. The summed E-state index contributed by atoms with van der Waals surface area (Å²) in [5.41, 5.74) is -1.80. The molecular weight excluding hydrogens is 520 g/mol. The van der Waals surface area contributed by atoms with Crippen molar-refractivity contribution >= 4 is 11.9 Å². The maximum atomic E-state index is 12.6. The highest BCUT2D eigenvalue weighted by Gasteiger charge is 2.85. The molecule has 41 heavy (non-hydrogen) atoms. The van der Waals surface area contributed by atoms with E-state index in [-0.39, 0.29) is 69.2 Å². The number of rotatable bonds is 4. The molecule has 12 atom stereocenters. The minimum Gasteiger partial charge on any atom is -0.462 e. The molecule has 0 aromatic heterocycles. The van der Waals surface area contributed by atoms with Crippen LogP contribution in [0, 0.1) is 44.8 Å². The summed E-state index contributed by atoms with van der Waals surface area (Å²) in [4.78, 5) is 24.6. The summed E-state index contributed by atoms with van der Waals surface area (Å²) in [7, 11) is 0. The molecule has 232 valence electrons. The Balaban J connectivity index is 1.38. The fourth-order valence-corrected chi connectivity index (χ4v) is 12.8. The van der Waals surface area contributed by atoms with Crippen LogP contribution in [0.5, 0.6) is 0 Å². The van der Waals surface area contributed by atoms with Crippen LogP contribution in [-0.2, 0) is 23.8 Å². The molecule has 0 radical (unpaired) electrons. The molecule has 0 aromatic rings. The predicted octanol–water partition coefficient (Wildman–Crippen LogP) is 5.58. The molecular formula is C34H54O7. The Labute approximate surface area is 246 Å². The Hall–Kier alpha value is -1.18. The summed E-state index contributed by atoms with van der Waals surface area (Å²) in [5, 5.41) is 22.7. The quantitative estimate of drug-likeness (QED) is 0.423.